The number of carbonyl (C=O) groups is 4. The molecule has 0 bridgehead atoms. The minimum atomic E-state index is -0.777. The molecule has 3 fully saturated rings. The highest BCUT2D eigenvalue weighted by atomic mass is 32.1. The van der Waals surface area contributed by atoms with Gasteiger partial charge in [0.15, 0.2) is 0 Å². The highest BCUT2D eigenvalue weighted by molar-refractivity contribution is 7.19. The molecule has 0 spiro atoms. The van der Waals surface area contributed by atoms with E-state index in [4.69, 9.17) is 28.9 Å². The van der Waals surface area contributed by atoms with E-state index in [0.717, 1.165) is 50.0 Å². The van der Waals surface area contributed by atoms with Gasteiger partial charge >= 0.3 is 12.2 Å². The number of methoxy groups -OCH3 is 2. The van der Waals surface area contributed by atoms with Crippen LogP contribution in [0.3, 0.4) is 0 Å². The molecule has 8 heterocycles. The zero-order valence-corrected chi connectivity index (χ0v) is 41.2. The first kappa shape index (κ1) is 47.1. The van der Waals surface area contributed by atoms with Crippen molar-refractivity contribution in [2.45, 2.75) is 82.8 Å². The molecule has 0 aliphatic carbocycles. The first-order valence-corrected chi connectivity index (χ1v) is 25.4. The van der Waals surface area contributed by atoms with Gasteiger partial charge in [0.1, 0.15) is 35.3 Å². The number of hydrogen-bond donors (Lipinski definition) is 4. The van der Waals surface area contributed by atoms with E-state index in [-0.39, 0.29) is 35.7 Å². The van der Waals surface area contributed by atoms with Gasteiger partial charge in [0, 0.05) is 47.5 Å². The Hall–Kier alpha value is -7.25. The Bertz CT molecular complexity index is 3180. The highest BCUT2D eigenvalue weighted by Gasteiger charge is 2.41. The predicted molar refractivity (Wildman–Crippen MR) is 268 cm³/mol. The van der Waals surface area contributed by atoms with Crippen LogP contribution in [0.15, 0.2) is 79.1 Å². The summed E-state index contributed by atoms with van der Waals surface area (Å²) in [6, 6.07) is 19.5. The van der Waals surface area contributed by atoms with Crippen molar-refractivity contribution in [3.05, 3.63) is 101 Å². The summed E-state index contributed by atoms with van der Waals surface area (Å²) in [5, 5.41) is 7.46. The molecule has 0 radical (unpaired) electrons. The quantitative estimate of drug-likeness (QED) is 0.0969. The van der Waals surface area contributed by atoms with Crippen molar-refractivity contribution in [2.75, 3.05) is 40.5 Å². The van der Waals surface area contributed by atoms with E-state index < -0.39 is 36.3 Å². The first-order chi connectivity index (χ1) is 35.0. The molecule has 0 saturated carbocycles. The molecule has 4 aliphatic rings. The second kappa shape index (κ2) is 19.4. The maximum absolute atomic E-state index is 17.0. The van der Waals surface area contributed by atoms with Gasteiger partial charge in [-0.2, -0.15) is 0 Å². The van der Waals surface area contributed by atoms with Crippen molar-refractivity contribution >= 4 is 56.3 Å². The Kier molecular flexibility index (Phi) is 12.7. The fourth-order valence-electron chi connectivity index (χ4n) is 11.0. The van der Waals surface area contributed by atoms with E-state index in [0.29, 0.717) is 91.9 Å². The lowest BCUT2D eigenvalue weighted by molar-refractivity contribution is -0.137. The minimum Gasteiger partial charge on any atom is -0.464 e. The summed E-state index contributed by atoms with van der Waals surface area (Å²) < 4.78 is 42.4. The fraction of sp³-hybridized carbons (Fsp3) is 0.396. The number of alkyl carbamates (subject to hydrolysis) is 2. The molecule has 4 aromatic heterocycles. The molecule has 7 aromatic rings. The van der Waals surface area contributed by atoms with Gasteiger partial charge in [-0.25, -0.2) is 23.9 Å². The molecule has 3 aromatic carbocycles. The number of imidazole rings is 2. The number of aromatic amines is 2. The largest absolute Gasteiger partial charge is 0.464 e. The minimum absolute atomic E-state index is 0.0776. The van der Waals surface area contributed by atoms with Crippen LogP contribution in [0.1, 0.15) is 87.2 Å². The molecule has 4 amide bonds. The number of rotatable bonds is 11. The number of fused-ring (bicyclic) bond motifs is 6. The number of hydrogen-bond acceptors (Lipinski definition) is 11. The number of likely N-dealkylation sites (tertiary alicyclic amines) is 2. The van der Waals surface area contributed by atoms with Crippen LogP contribution in [0, 0.1) is 17.7 Å². The predicted octanol–water partition coefficient (Wildman–Crippen LogP) is 9.24. The molecule has 3 saturated heterocycles. The van der Waals surface area contributed by atoms with E-state index in [9.17, 15) is 19.2 Å². The number of aromatic nitrogens is 5. The number of amides is 4. The summed E-state index contributed by atoms with van der Waals surface area (Å²) in [7, 11) is 2.56. The van der Waals surface area contributed by atoms with Crippen molar-refractivity contribution in [1.82, 2.24) is 44.9 Å². The van der Waals surface area contributed by atoms with Crippen LogP contribution in [0.4, 0.5) is 14.0 Å². The molecule has 72 heavy (non-hydrogen) atoms. The van der Waals surface area contributed by atoms with Crippen molar-refractivity contribution in [2.24, 2.45) is 11.8 Å². The van der Waals surface area contributed by atoms with Gasteiger partial charge in [-0.15, -0.1) is 11.3 Å². The van der Waals surface area contributed by atoms with E-state index in [1.54, 1.807) is 28.6 Å². The van der Waals surface area contributed by atoms with Crippen LogP contribution in [-0.2, 0) is 23.8 Å². The molecule has 4 N–H and O–H groups in total. The van der Waals surface area contributed by atoms with Gasteiger partial charge in [-0.3, -0.25) is 14.2 Å². The standard InChI is InChI=1S/C53H56FN9O8S/c1-28(2)45(59-52(66)68-3)49(64)61-17-7-10-38(61)48-56-27-36(58-48)32-22-34(54)44-40-23-33-21-30(13-14-37(33)63(40)51(71-41(44)24-32)43-25-31-9-5-6-12-42(31)72-43)35-26-55-47(57-35)39-11-8-18-62(39)50(65)46(60-53(67)69-4)29-15-19-70-20-16-29/h5-6,9,12-14,21-29,38-39,45-46,51H,7-8,10-11,15-20H2,1-4H3,(H,55,57)(H,56,58)(H,59,66)(H,60,67)/t38-,39-,45-,46-,51-/m0/s1. The summed E-state index contributed by atoms with van der Waals surface area (Å²) in [5.74, 6) is 0.496. The summed E-state index contributed by atoms with van der Waals surface area (Å²) in [4.78, 5) is 73.6. The van der Waals surface area contributed by atoms with Crippen molar-refractivity contribution in [1.29, 1.82) is 0 Å². The Balaban J connectivity index is 0.910. The lowest BCUT2D eigenvalue weighted by Gasteiger charge is -2.34. The average Bonchev–Trinajstić information content (AvgIpc) is 4.26. The van der Waals surface area contributed by atoms with Crippen LogP contribution >= 0.6 is 11.3 Å². The van der Waals surface area contributed by atoms with Crippen LogP contribution in [0.2, 0.25) is 0 Å². The van der Waals surface area contributed by atoms with Gasteiger partial charge in [-0.1, -0.05) is 38.1 Å². The molecule has 374 valence electrons. The molecule has 0 unspecified atom stereocenters. The maximum Gasteiger partial charge on any atom is 0.407 e. The number of ether oxygens (including phenoxy) is 4. The molecule has 5 atom stereocenters. The number of nitrogens with one attached hydrogen (secondary N) is 4. The molecule has 17 nitrogen and oxygen atoms in total. The molecule has 11 rings (SSSR count). The number of carbonyl (C=O) groups excluding carboxylic acids is 4. The normalized spacial score (nSPS) is 19.8. The summed E-state index contributed by atoms with van der Waals surface area (Å²) >= 11 is 1.63. The fourth-order valence-corrected chi connectivity index (χ4v) is 12.1. The Morgan fingerprint density at radius 1 is 0.778 bits per heavy atom. The lowest BCUT2D eigenvalue weighted by atomic mass is 9.90. The molecule has 4 aliphatic heterocycles. The van der Waals surface area contributed by atoms with Gasteiger partial charge < -0.3 is 49.3 Å². The Morgan fingerprint density at radius 2 is 1.44 bits per heavy atom. The number of halogens is 1. The third-order valence-corrected chi connectivity index (χ3v) is 15.8. The third kappa shape index (κ3) is 8.61. The van der Waals surface area contributed by atoms with Crippen LogP contribution < -0.4 is 15.4 Å². The highest BCUT2D eigenvalue weighted by Crippen LogP contribution is 2.49. The van der Waals surface area contributed by atoms with Gasteiger partial charge in [0.05, 0.1) is 71.7 Å². The van der Waals surface area contributed by atoms with Gasteiger partial charge in [0.25, 0.3) is 0 Å². The molecule has 19 heteroatoms. The van der Waals surface area contributed by atoms with Crippen molar-refractivity contribution in [3.8, 4) is 39.5 Å². The zero-order valence-electron chi connectivity index (χ0n) is 40.4. The Morgan fingerprint density at radius 3 is 2.12 bits per heavy atom. The van der Waals surface area contributed by atoms with E-state index in [2.05, 4.69) is 49.4 Å². The second-order valence-electron chi connectivity index (χ2n) is 19.3. The van der Waals surface area contributed by atoms with Crippen molar-refractivity contribution < 1.29 is 42.5 Å². The van der Waals surface area contributed by atoms with Crippen LogP contribution in [-0.4, -0.2) is 111 Å². The zero-order chi connectivity index (χ0) is 49.8. The maximum atomic E-state index is 17.0. The van der Waals surface area contributed by atoms with E-state index in [1.165, 1.54) is 20.3 Å². The summed E-state index contributed by atoms with van der Waals surface area (Å²) in [5.41, 5.74) is 4.56. The first-order valence-electron chi connectivity index (χ1n) is 24.6. The molecular weight excluding hydrogens is 942 g/mol. The molecular formula is C53H56FN9O8S. The van der Waals surface area contributed by atoms with E-state index in [1.807, 2.05) is 55.1 Å². The van der Waals surface area contributed by atoms with Crippen LogP contribution in [0.5, 0.6) is 5.75 Å². The topological polar surface area (TPSA) is 198 Å². The van der Waals surface area contributed by atoms with Gasteiger partial charge in [-0.05, 0) is 98.2 Å². The average molecular weight is 998 g/mol. The Labute approximate surface area is 418 Å². The smallest absolute Gasteiger partial charge is 0.407 e. The van der Waals surface area contributed by atoms with Gasteiger partial charge in [0.2, 0.25) is 18.0 Å². The van der Waals surface area contributed by atoms with Crippen molar-refractivity contribution in [3.63, 3.8) is 0 Å². The number of thiophene rings is 1. The third-order valence-electron chi connectivity index (χ3n) is 14.7. The number of nitrogens with zero attached hydrogens (tertiary/aromatic N) is 5. The summed E-state index contributed by atoms with van der Waals surface area (Å²) in [6.45, 7) is 5.83. The second-order valence-corrected chi connectivity index (χ2v) is 20.4. The summed E-state index contributed by atoms with van der Waals surface area (Å²) in [6.07, 6.45) is 5.74. The number of benzene rings is 3. The number of H-pyrrole nitrogens is 2. The monoisotopic (exact) mass is 997 g/mol. The van der Waals surface area contributed by atoms with Crippen LogP contribution in [0.25, 0.3) is 54.8 Å². The van der Waals surface area contributed by atoms with E-state index >= 15 is 4.39 Å². The lowest BCUT2D eigenvalue weighted by Crippen LogP contribution is -2.53. The SMILES string of the molecule is COC(=O)N[C@H](C(=O)N1CCC[C@H]1c1ncc(-c2cc(F)c3c(c2)O[C@@H](c2cc4ccccc4s2)n2c-3cc3cc(-c4cnc([C@@H]5CCCN5C(=O)[C@@H](NC(=O)OC)C5CCOCC5)[nH]4)ccc32)[nH]1)C(C)C.